The average molecular weight is 222 g/mol. The van der Waals surface area contributed by atoms with Crippen LogP contribution >= 0.6 is 0 Å². The van der Waals surface area contributed by atoms with Crippen LogP contribution in [0.15, 0.2) is 18.2 Å². The highest BCUT2D eigenvalue weighted by Crippen LogP contribution is 2.11. The number of hydrogen-bond acceptors (Lipinski definition) is 2. The van der Waals surface area contributed by atoms with Crippen molar-refractivity contribution in [2.75, 3.05) is 6.61 Å². The monoisotopic (exact) mass is 222 g/mol. The molecule has 1 aromatic rings. The van der Waals surface area contributed by atoms with Crippen LogP contribution in [0, 0.1) is 6.92 Å². The molecule has 0 fully saturated rings. The van der Waals surface area contributed by atoms with E-state index >= 15 is 0 Å². The highest BCUT2D eigenvalue weighted by molar-refractivity contribution is 5.88. The molecule has 0 radical (unpaired) electrons. The predicted octanol–water partition coefficient (Wildman–Crippen LogP) is 3.01. The van der Waals surface area contributed by atoms with Crippen LogP contribution in [0.2, 0.25) is 0 Å². The third-order valence-corrected chi connectivity index (χ3v) is 2.30. The van der Waals surface area contributed by atoms with Crippen molar-refractivity contribution in [2.45, 2.75) is 33.3 Å². The van der Waals surface area contributed by atoms with E-state index in [0.717, 1.165) is 30.6 Å². The van der Waals surface area contributed by atoms with Crippen molar-refractivity contribution in [3.05, 3.63) is 34.9 Å². The summed E-state index contributed by atoms with van der Waals surface area (Å²) < 4.78 is 5.46. The number of unbranched alkanes of at least 4 members (excludes halogenated alkanes) is 1. The Bertz CT molecular complexity index is 358. The predicted molar refractivity (Wildman–Crippen MR) is 62.7 cm³/mol. The van der Waals surface area contributed by atoms with Gasteiger partial charge in [-0.05, 0) is 36.6 Å². The largest absolute Gasteiger partial charge is 0.478 e. The van der Waals surface area contributed by atoms with Crippen LogP contribution in [-0.4, -0.2) is 17.7 Å². The maximum atomic E-state index is 10.8. The molecule has 0 aromatic heterocycles. The van der Waals surface area contributed by atoms with E-state index in [1.807, 2.05) is 13.0 Å². The summed E-state index contributed by atoms with van der Waals surface area (Å²) in [4.78, 5) is 10.8. The Morgan fingerprint density at radius 2 is 2.12 bits per heavy atom. The van der Waals surface area contributed by atoms with Crippen molar-refractivity contribution < 1.29 is 14.6 Å². The molecule has 1 N–H and O–H groups in total. The fourth-order valence-corrected chi connectivity index (χ4v) is 1.51. The zero-order valence-corrected chi connectivity index (χ0v) is 9.82. The van der Waals surface area contributed by atoms with E-state index in [4.69, 9.17) is 9.84 Å². The number of ether oxygens (including phenoxy) is 1. The van der Waals surface area contributed by atoms with E-state index in [-0.39, 0.29) is 0 Å². The Kier molecular flexibility index (Phi) is 4.99. The molecular formula is C13H18O3. The van der Waals surface area contributed by atoms with Crippen LogP contribution in [0.4, 0.5) is 0 Å². The smallest absolute Gasteiger partial charge is 0.335 e. The van der Waals surface area contributed by atoms with Crippen molar-refractivity contribution >= 4 is 5.97 Å². The topological polar surface area (TPSA) is 46.5 Å². The Morgan fingerprint density at radius 3 is 2.75 bits per heavy atom. The Balaban J connectivity index is 2.62. The first kappa shape index (κ1) is 12.7. The number of aryl methyl sites for hydroxylation is 1. The van der Waals surface area contributed by atoms with Gasteiger partial charge in [0.05, 0.1) is 12.2 Å². The molecule has 0 amide bonds. The molecule has 16 heavy (non-hydrogen) atoms. The minimum atomic E-state index is -0.890. The number of hydrogen-bond donors (Lipinski definition) is 1. The lowest BCUT2D eigenvalue weighted by Crippen LogP contribution is -2.01. The maximum absolute atomic E-state index is 10.8. The van der Waals surface area contributed by atoms with E-state index in [1.54, 1.807) is 12.1 Å². The van der Waals surface area contributed by atoms with Crippen molar-refractivity contribution in [1.82, 2.24) is 0 Å². The Morgan fingerprint density at radius 1 is 1.38 bits per heavy atom. The van der Waals surface area contributed by atoms with E-state index in [2.05, 4.69) is 6.92 Å². The molecule has 0 bridgehead atoms. The number of benzene rings is 1. The first-order valence-corrected chi connectivity index (χ1v) is 5.55. The van der Waals surface area contributed by atoms with Crippen molar-refractivity contribution in [3.63, 3.8) is 0 Å². The number of aromatic carboxylic acids is 1. The quantitative estimate of drug-likeness (QED) is 0.752. The molecule has 0 heterocycles. The summed E-state index contributed by atoms with van der Waals surface area (Å²) in [6.07, 6.45) is 2.14. The van der Waals surface area contributed by atoms with Gasteiger partial charge in [-0.15, -0.1) is 0 Å². The van der Waals surface area contributed by atoms with Crippen molar-refractivity contribution in [2.24, 2.45) is 0 Å². The summed E-state index contributed by atoms with van der Waals surface area (Å²) in [7, 11) is 0. The summed E-state index contributed by atoms with van der Waals surface area (Å²) in [5.74, 6) is -0.890. The third-order valence-electron chi connectivity index (χ3n) is 2.30. The highest BCUT2D eigenvalue weighted by Gasteiger charge is 2.05. The molecule has 0 saturated heterocycles. The second-order valence-corrected chi connectivity index (χ2v) is 3.92. The third kappa shape index (κ3) is 4.03. The first-order chi connectivity index (χ1) is 7.63. The molecule has 3 heteroatoms. The number of carboxylic acid groups (broad SMARTS) is 1. The van der Waals surface area contributed by atoms with Gasteiger partial charge in [0.25, 0.3) is 0 Å². The van der Waals surface area contributed by atoms with Gasteiger partial charge in [0.1, 0.15) is 0 Å². The zero-order chi connectivity index (χ0) is 12.0. The molecule has 88 valence electrons. The van der Waals surface area contributed by atoms with Crippen molar-refractivity contribution in [1.29, 1.82) is 0 Å². The van der Waals surface area contributed by atoms with E-state index < -0.39 is 5.97 Å². The van der Waals surface area contributed by atoms with E-state index in [0.29, 0.717) is 12.2 Å². The minimum Gasteiger partial charge on any atom is -0.478 e. The molecule has 0 unspecified atom stereocenters. The van der Waals surface area contributed by atoms with Crippen LogP contribution in [0.25, 0.3) is 0 Å². The highest BCUT2D eigenvalue weighted by atomic mass is 16.5. The van der Waals surface area contributed by atoms with Crippen LogP contribution in [0.3, 0.4) is 0 Å². The lowest BCUT2D eigenvalue weighted by Gasteiger charge is -2.06. The maximum Gasteiger partial charge on any atom is 0.335 e. The normalized spacial score (nSPS) is 10.4. The van der Waals surface area contributed by atoms with E-state index in [9.17, 15) is 4.79 Å². The lowest BCUT2D eigenvalue weighted by atomic mass is 10.1. The second-order valence-electron chi connectivity index (χ2n) is 3.92. The summed E-state index contributed by atoms with van der Waals surface area (Å²) in [6.45, 7) is 5.22. The molecule has 0 atom stereocenters. The standard InChI is InChI=1S/C13H18O3/c1-3-4-5-16-9-11-6-10(2)7-12(8-11)13(14)15/h6-8H,3-5,9H2,1-2H3,(H,14,15). The average Bonchev–Trinajstić information content (AvgIpc) is 2.23. The molecular weight excluding hydrogens is 204 g/mol. The van der Waals surface area contributed by atoms with Crippen LogP contribution in [-0.2, 0) is 11.3 Å². The molecule has 0 aliphatic rings. The van der Waals surface area contributed by atoms with Gasteiger partial charge in [-0.2, -0.15) is 0 Å². The molecule has 1 aromatic carbocycles. The summed E-state index contributed by atoms with van der Waals surface area (Å²) in [6, 6.07) is 5.29. The van der Waals surface area contributed by atoms with Gasteiger partial charge in [0.2, 0.25) is 0 Å². The fourth-order valence-electron chi connectivity index (χ4n) is 1.51. The number of carbonyl (C=O) groups is 1. The summed E-state index contributed by atoms with van der Waals surface area (Å²) in [5, 5.41) is 8.90. The van der Waals surface area contributed by atoms with Gasteiger partial charge >= 0.3 is 5.97 Å². The molecule has 0 spiro atoms. The molecule has 0 aliphatic heterocycles. The van der Waals surface area contributed by atoms with Gasteiger partial charge in [0.15, 0.2) is 0 Å². The van der Waals surface area contributed by atoms with Crippen molar-refractivity contribution in [3.8, 4) is 0 Å². The second kappa shape index (κ2) is 6.28. The fraction of sp³-hybridized carbons (Fsp3) is 0.462. The Labute approximate surface area is 96.1 Å². The van der Waals surface area contributed by atoms with Gasteiger partial charge in [0, 0.05) is 6.61 Å². The van der Waals surface area contributed by atoms with Gasteiger partial charge in [-0.1, -0.05) is 19.4 Å². The number of rotatable bonds is 6. The van der Waals surface area contributed by atoms with Crippen LogP contribution in [0.5, 0.6) is 0 Å². The summed E-state index contributed by atoms with van der Waals surface area (Å²) >= 11 is 0. The summed E-state index contributed by atoms with van der Waals surface area (Å²) in [5.41, 5.74) is 2.21. The van der Waals surface area contributed by atoms with Crippen LogP contribution < -0.4 is 0 Å². The SMILES string of the molecule is CCCCOCc1cc(C)cc(C(=O)O)c1. The first-order valence-electron chi connectivity index (χ1n) is 5.55. The molecule has 0 aliphatic carbocycles. The zero-order valence-electron chi connectivity index (χ0n) is 9.82. The Hall–Kier alpha value is -1.35. The minimum absolute atomic E-state index is 0.328. The molecule has 3 nitrogen and oxygen atoms in total. The lowest BCUT2D eigenvalue weighted by molar-refractivity contribution is 0.0696. The van der Waals surface area contributed by atoms with Crippen LogP contribution in [0.1, 0.15) is 41.3 Å². The number of carboxylic acids is 1. The van der Waals surface area contributed by atoms with Gasteiger partial charge in [-0.3, -0.25) is 0 Å². The van der Waals surface area contributed by atoms with Gasteiger partial charge < -0.3 is 9.84 Å². The van der Waals surface area contributed by atoms with Gasteiger partial charge in [-0.25, -0.2) is 4.79 Å². The molecule has 0 saturated carbocycles. The van der Waals surface area contributed by atoms with E-state index in [1.165, 1.54) is 0 Å². The molecule has 1 rings (SSSR count).